The number of fused-ring (bicyclic) bond motifs is 1. The fraction of sp³-hybridized carbons (Fsp3) is 0.529. The van der Waals surface area contributed by atoms with Gasteiger partial charge in [-0.05, 0) is 24.8 Å². The summed E-state index contributed by atoms with van der Waals surface area (Å²) in [5, 5.41) is 6.60. The molecule has 1 spiro atoms. The number of ether oxygens (including phenoxy) is 2. The van der Waals surface area contributed by atoms with Crippen molar-refractivity contribution in [2.75, 3.05) is 38.0 Å². The van der Waals surface area contributed by atoms with E-state index < -0.39 is 0 Å². The SMILES string of the molecule is COc1cc2ncnc(N3CC4(CC(CSN)C4)C3)c2cc1OC. The summed E-state index contributed by atoms with van der Waals surface area (Å²) in [7, 11) is 3.29. The summed E-state index contributed by atoms with van der Waals surface area (Å²) >= 11 is 1.47. The number of benzene rings is 1. The van der Waals surface area contributed by atoms with Gasteiger partial charge in [0.05, 0.1) is 19.7 Å². The summed E-state index contributed by atoms with van der Waals surface area (Å²) in [5.41, 5.74) is 1.36. The third-order valence-corrected chi connectivity index (χ3v) is 5.91. The van der Waals surface area contributed by atoms with E-state index in [0.29, 0.717) is 16.9 Å². The van der Waals surface area contributed by atoms with Crippen LogP contribution < -0.4 is 19.5 Å². The minimum Gasteiger partial charge on any atom is -0.493 e. The molecule has 4 rings (SSSR count). The molecule has 6 nitrogen and oxygen atoms in total. The number of rotatable bonds is 5. The Morgan fingerprint density at radius 1 is 1.21 bits per heavy atom. The van der Waals surface area contributed by atoms with E-state index in [1.807, 2.05) is 12.1 Å². The van der Waals surface area contributed by atoms with Gasteiger partial charge in [-0.15, -0.1) is 0 Å². The molecule has 0 radical (unpaired) electrons. The number of methoxy groups -OCH3 is 2. The Labute approximate surface area is 145 Å². The van der Waals surface area contributed by atoms with Crippen molar-refractivity contribution < 1.29 is 9.47 Å². The van der Waals surface area contributed by atoms with Crippen molar-refractivity contribution >= 4 is 28.7 Å². The molecule has 2 heterocycles. The third kappa shape index (κ3) is 2.46. The van der Waals surface area contributed by atoms with Gasteiger partial charge in [0.25, 0.3) is 0 Å². The van der Waals surface area contributed by atoms with Gasteiger partial charge in [-0.25, -0.2) is 9.97 Å². The van der Waals surface area contributed by atoms with Gasteiger partial charge in [-0.3, -0.25) is 5.14 Å². The molecule has 24 heavy (non-hydrogen) atoms. The van der Waals surface area contributed by atoms with Crippen LogP contribution in [0.2, 0.25) is 0 Å². The highest BCUT2D eigenvalue weighted by molar-refractivity contribution is 7.97. The third-order valence-electron chi connectivity index (χ3n) is 5.25. The van der Waals surface area contributed by atoms with Gasteiger partial charge < -0.3 is 14.4 Å². The first kappa shape index (κ1) is 15.8. The normalized spacial score (nSPS) is 19.2. The van der Waals surface area contributed by atoms with Crippen LogP contribution in [-0.4, -0.2) is 43.0 Å². The van der Waals surface area contributed by atoms with Crippen molar-refractivity contribution in [1.82, 2.24) is 9.97 Å². The Morgan fingerprint density at radius 2 is 1.92 bits per heavy atom. The summed E-state index contributed by atoms with van der Waals surface area (Å²) in [5.74, 6) is 4.25. The maximum absolute atomic E-state index is 5.59. The quantitative estimate of drug-likeness (QED) is 0.834. The lowest BCUT2D eigenvalue weighted by molar-refractivity contribution is 0.0358. The number of nitrogens with zero attached hydrogens (tertiary/aromatic N) is 3. The first-order chi connectivity index (χ1) is 11.7. The Bertz CT molecular complexity index is 756. The predicted octanol–water partition coefficient (Wildman–Crippen LogP) is 2.47. The average molecular weight is 346 g/mol. The lowest BCUT2D eigenvalue weighted by atomic mass is 9.58. The summed E-state index contributed by atoms with van der Waals surface area (Å²) in [4.78, 5) is 11.3. The van der Waals surface area contributed by atoms with Crippen molar-refractivity contribution in [3.8, 4) is 11.5 Å². The molecule has 0 atom stereocenters. The standard InChI is InChI=1S/C17H22N4O2S/c1-22-14-3-12-13(4-15(14)23-2)19-10-20-16(12)21-8-17(9-21)5-11(6-17)7-24-18/h3-4,10-11H,5-9,18H2,1-2H3. The van der Waals surface area contributed by atoms with Crippen LogP contribution in [0.1, 0.15) is 12.8 Å². The molecule has 1 aliphatic heterocycles. The predicted molar refractivity (Wildman–Crippen MR) is 96.7 cm³/mol. The molecular weight excluding hydrogens is 324 g/mol. The number of hydrogen-bond acceptors (Lipinski definition) is 7. The van der Waals surface area contributed by atoms with E-state index in [1.165, 1.54) is 24.8 Å². The molecule has 128 valence electrons. The molecule has 2 N–H and O–H groups in total. The van der Waals surface area contributed by atoms with Gasteiger partial charge in [0.1, 0.15) is 12.1 Å². The van der Waals surface area contributed by atoms with Crippen molar-refractivity contribution in [2.24, 2.45) is 16.5 Å². The van der Waals surface area contributed by atoms with Crippen LogP contribution in [-0.2, 0) is 0 Å². The van der Waals surface area contributed by atoms with Crippen LogP contribution in [0, 0.1) is 11.3 Å². The molecule has 0 amide bonds. The van der Waals surface area contributed by atoms with Crippen molar-refractivity contribution in [2.45, 2.75) is 12.8 Å². The first-order valence-corrected chi connectivity index (χ1v) is 9.16. The van der Waals surface area contributed by atoms with Crippen LogP contribution >= 0.6 is 11.9 Å². The number of nitrogens with two attached hydrogens (primary N) is 1. The second kappa shape index (κ2) is 5.97. The van der Waals surface area contributed by atoms with Gasteiger partial charge in [-0.1, -0.05) is 11.9 Å². The first-order valence-electron chi connectivity index (χ1n) is 8.11. The van der Waals surface area contributed by atoms with Crippen LogP contribution in [0.5, 0.6) is 11.5 Å². The van der Waals surface area contributed by atoms with Crippen molar-refractivity contribution in [3.05, 3.63) is 18.5 Å². The van der Waals surface area contributed by atoms with Gasteiger partial charge in [0.15, 0.2) is 11.5 Å². The smallest absolute Gasteiger partial charge is 0.162 e. The van der Waals surface area contributed by atoms with Crippen LogP contribution in [0.15, 0.2) is 18.5 Å². The van der Waals surface area contributed by atoms with Gasteiger partial charge in [0.2, 0.25) is 0 Å². The zero-order valence-corrected chi connectivity index (χ0v) is 14.8. The highest BCUT2D eigenvalue weighted by atomic mass is 32.2. The Balaban J connectivity index is 1.58. The van der Waals surface area contributed by atoms with Crippen LogP contribution in [0.25, 0.3) is 10.9 Å². The number of anilines is 1. The Kier molecular flexibility index (Phi) is 3.92. The molecule has 2 fully saturated rings. The van der Waals surface area contributed by atoms with E-state index in [-0.39, 0.29) is 0 Å². The zero-order valence-electron chi connectivity index (χ0n) is 14.0. The zero-order chi connectivity index (χ0) is 16.7. The highest BCUT2D eigenvalue weighted by Gasteiger charge is 2.52. The number of aromatic nitrogens is 2. The van der Waals surface area contributed by atoms with Crippen molar-refractivity contribution in [1.29, 1.82) is 0 Å². The second-order valence-corrected chi connectivity index (χ2v) is 7.55. The average Bonchev–Trinajstić information content (AvgIpc) is 2.54. The van der Waals surface area contributed by atoms with Gasteiger partial charge in [0, 0.05) is 35.7 Å². The molecule has 1 saturated heterocycles. The molecule has 1 saturated carbocycles. The monoisotopic (exact) mass is 346 g/mol. The van der Waals surface area contributed by atoms with Gasteiger partial charge >= 0.3 is 0 Å². The minimum atomic E-state index is 0.480. The summed E-state index contributed by atoms with van der Waals surface area (Å²) in [6.45, 7) is 2.14. The van der Waals surface area contributed by atoms with Crippen molar-refractivity contribution in [3.63, 3.8) is 0 Å². The molecule has 7 heteroatoms. The minimum absolute atomic E-state index is 0.480. The molecule has 2 aromatic rings. The molecule has 0 bridgehead atoms. The van der Waals surface area contributed by atoms with E-state index >= 15 is 0 Å². The summed E-state index contributed by atoms with van der Waals surface area (Å²) < 4.78 is 10.8. The Morgan fingerprint density at radius 3 is 2.58 bits per heavy atom. The molecule has 1 aromatic heterocycles. The van der Waals surface area contributed by atoms with E-state index in [4.69, 9.17) is 14.6 Å². The Hall–Kier alpha value is -1.73. The molecule has 1 aliphatic carbocycles. The topological polar surface area (TPSA) is 73.5 Å². The van der Waals surface area contributed by atoms with E-state index in [0.717, 1.165) is 41.5 Å². The van der Waals surface area contributed by atoms with Crippen LogP contribution in [0.4, 0.5) is 5.82 Å². The maximum Gasteiger partial charge on any atom is 0.162 e. The largest absolute Gasteiger partial charge is 0.493 e. The van der Waals surface area contributed by atoms with Crippen LogP contribution in [0.3, 0.4) is 0 Å². The molecular formula is C17H22N4O2S. The molecule has 0 unspecified atom stereocenters. The number of hydrogen-bond donors (Lipinski definition) is 1. The summed E-state index contributed by atoms with van der Waals surface area (Å²) in [6.07, 6.45) is 4.20. The molecule has 1 aromatic carbocycles. The van der Waals surface area contributed by atoms with E-state index in [9.17, 15) is 0 Å². The fourth-order valence-corrected chi connectivity index (χ4v) is 4.72. The lowest BCUT2D eigenvalue weighted by Gasteiger charge is -2.59. The van der Waals surface area contributed by atoms with E-state index in [1.54, 1.807) is 20.5 Å². The second-order valence-electron chi connectivity index (χ2n) is 6.89. The lowest BCUT2D eigenvalue weighted by Crippen LogP contribution is -2.63. The van der Waals surface area contributed by atoms with Gasteiger partial charge in [-0.2, -0.15) is 0 Å². The van der Waals surface area contributed by atoms with E-state index in [2.05, 4.69) is 14.9 Å². The maximum atomic E-state index is 5.59. The summed E-state index contributed by atoms with van der Waals surface area (Å²) in [6, 6.07) is 3.88. The highest BCUT2D eigenvalue weighted by Crippen LogP contribution is 2.53. The fourth-order valence-electron chi connectivity index (χ4n) is 4.21. The molecule has 2 aliphatic rings.